The minimum Gasteiger partial charge on any atom is -0.491 e. The van der Waals surface area contributed by atoms with Gasteiger partial charge in [0.1, 0.15) is 18.5 Å². The second-order valence-electron chi connectivity index (χ2n) is 6.45. The first-order valence-electron chi connectivity index (χ1n) is 8.30. The van der Waals surface area contributed by atoms with Crippen LogP contribution in [0.15, 0.2) is 18.2 Å². The average molecular weight is 307 g/mol. The van der Waals surface area contributed by atoms with Gasteiger partial charge in [0.15, 0.2) is 0 Å². The number of aliphatic hydroxyl groups excluding tert-OH is 1. The van der Waals surface area contributed by atoms with Crippen LogP contribution in [0.25, 0.3) is 0 Å². The molecule has 1 heterocycles. The summed E-state index contributed by atoms with van der Waals surface area (Å²) in [6.45, 7) is 8.86. The lowest BCUT2D eigenvalue weighted by Gasteiger charge is -2.18. The van der Waals surface area contributed by atoms with Gasteiger partial charge in [0, 0.05) is 19.7 Å². The fourth-order valence-electron chi connectivity index (χ4n) is 2.70. The molecule has 1 aromatic carbocycles. The summed E-state index contributed by atoms with van der Waals surface area (Å²) in [5.41, 5.74) is 2.36. The van der Waals surface area contributed by atoms with Crippen molar-refractivity contribution in [3.05, 3.63) is 29.3 Å². The number of hydrogen-bond donors (Lipinski definition) is 2. The smallest absolute Gasteiger partial charge is 0.123 e. The van der Waals surface area contributed by atoms with Crippen LogP contribution >= 0.6 is 0 Å². The van der Waals surface area contributed by atoms with Crippen LogP contribution in [0.5, 0.6) is 5.75 Å². The van der Waals surface area contributed by atoms with Crippen molar-refractivity contribution in [1.82, 2.24) is 5.32 Å². The number of nitrogens with one attached hydrogen (secondary N) is 1. The van der Waals surface area contributed by atoms with Crippen molar-refractivity contribution < 1.29 is 14.6 Å². The molecule has 1 aliphatic heterocycles. The first-order valence-corrected chi connectivity index (χ1v) is 8.30. The molecule has 0 radical (unpaired) electrons. The van der Waals surface area contributed by atoms with Gasteiger partial charge in [-0.2, -0.15) is 0 Å². The molecule has 0 aromatic heterocycles. The van der Waals surface area contributed by atoms with Gasteiger partial charge < -0.3 is 19.9 Å². The van der Waals surface area contributed by atoms with Crippen molar-refractivity contribution in [2.45, 2.75) is 51.7 Å². The summed E-state index contributed by atoms with van der Waals surface area (Å²) >= 11 is 0. The lowest BCUT2D eigenvalue weighted by atomic mass is 10.0. The topological polar surface area (TPSA) is 50.7 Å². The van der Waals surface area contributed by atoms with Gasteiger partial charge in [0.2, 0.25) is 0 Å². The van der Waals surface area contributed by atoms with Crippen LogP contribution in [0.2, 0.25) is 0 Å². The van der Waals surface area contributed by atoms with Crippen molar-refractivity contribution >= 4 is 0 Å². The van der Waals surface area contributed by atoms with Gasteiger partial charge in [0.05, 0.1) is 6.10 Å². The Morgan fingerprint density at radius 1 is 1.41 bits per heavy atom. The number of aliphatic hydroxyl groups is 1. The lowest BCUT2D eigenvalue weighted by Crippen LogP contribution is -2.35. The van der Waals surface area contributed by atoms with Crippen LogP contribution < -0.4 is 10.1 Å². The van der Waals surface area contributed by atoms with E-state index in [2.05, 4.69) is 38.2 Å². The Balaban J connectivity index is 1.75. The Labute approximate surface area is 133 Å². The second kappa shape index (κ2) is 8.51. The SMILES string of the molecule is Cc1ccc(C(C)C)c(OCC(O)CNCC2CCCO2)c1. The fraction of sp³-hybridized carbons (Fsp3) is 0.667. The maximum atomic E-state index is 10.1. The average Bonchev–Trinajstić information content (AvgIpc) is 2.98. The van der Waals surface area contributed by atoms with E-state index in [9.17, 15) is 5.11 Å². The molecule has 0 amide bonds. The minimum atomic E-state index is -0.512. The molecule has 2 unspecified atom stereocenters. The van der Waals surface area contributed by atoms with Gasteiger partial charge in [-0.15, -0.1) is 0 Å². The van der Waals surface area contributed by atoms with E-state index in [0.29, 0.717) is 25.2 Å². The molecule has 4 nitrogen and oxygen atoms in total. The highest BCUT2D eigenvalue weighted by molar-refractivity contribution is 5.39. The predicted molar refractivity (Wildman–Crippen MR) is 88.6 cm³/mol. The largest absolute Gasteiger partial charge is 0.491 e. The summed E-state index contributed by atoms with van der Waals surface area (Å²) in [5, 5.41) is 13.3. The lowest BCUT2D eigenvalue weighted by molar-refractivity contribution is 0.0878. The molecule has 2 atom stereocenters. The molecule has 2 N–H and O–H groups in total. The number of hydrogen-bond acceptors (Lipinski definition) is 4. The van der Waals surface area contributed by atoms with Crippen LogP contribution in [0.1, 0.15) is 43.7 Å². The number of ether oxygens (including phenoxy) is 2. The fourth-order valence-corrected chi connectivity index (χ4v) is 2.70. The van der Waals surface area contributed by atoms with E-state index in [1.165, 1.54) is 11.1 Å². The number of benzene rings is 1. The standard InChI is InChI=1S/C18H29NO3/c1-13(2)17-7-6-14(3)9-18(17)22-12-15(20)10-19-11-16-5-4-8-21-16/h6-7,9,13,15-16,19-20H,4-5,8,10-12H2,1-3H3. The third-order valence-corrected chi connectivity index (χ3v) is 4.00. The second-order valence-corrected chi connectivity index (χ2v) is 6.45. The summed E-state index contributed by atoms with van der Waals surface area (Å²) in [7, 11) is 0. The van der Waals surface area contributed by atoms with Crippen LogP contribution in [0.3, 0.4) is 0 Å². The zero-order valence-corrected chi connectivity index (χ0v) is 14.0. The van der Waals surface area contributed by atoms with Crippen LogP contribution in [0.4, 0.5) is 0 Å². The molecular formula is C18H29NO3. The molecule has 1 aromatic rings. The van der Waals surface area contributed by atoms with Crippen molar-refractivity contribution in [2.75, 3.05) is 26.3 Å². The molecule has 2 rings (SSSR count). The van der Waals surface area contributed by atoms with E-state index >= 15 is 0 Å². The summed E-state index contributed by atoms with van der Waals surface area (Å²) < 4.78 is 11.4. The predicted octanol–water partition coefficient (Wildman–Crippen LogP) is 2.63. The van der Waals surface area contributed by atoms with Crippen LogP contribution in [0, 0.1) is 6.92 Å². The van der Waals surface area contributed by atoms with Crippen LogP contribution in [-0.4, -0.2) is 43.6 Å². The van der Waals surface area contributed by atoms with Crippen molar-refractivity contribution in [3.63, 3.8) is 0 Å². The van der Waals surface area contributed by atoms with E-state index < -0.39 is 6.10 Å². The molecule has 1 aliphatic rings. The molecule has 22 heavy (non-hydrogen) atoms. The highest BCUT2D eigenvalue weighted by Crippen LogP contribution is 2.27. The highest BCUT2D eigenvalue weighted by atomic mass is 16.5. The van der Waals surface area contributed by atoms with E-state index in [0.717, 1.165) is 31.7 Å². The first-order chi connectivity index (χ1) is 10.6. The first kappa shape index (κ1) is 17.3. The molecular weight excluding hydrogens is 278 g/mol. The highest BCUT2D eigenvalue weighted by Gasteiger charge is 2.16. The Kier molecular flexibility index (Phi) is 6.68. The number of aryl methyl sites for hydroxylation is 1. The Morgan fingerprint density at radius 3 is 2.91 bits per heavy atom. The van der Waals surface area contributed by atoms with Gasteiger partial charge in [-0.25, -0.2) is 0 Å². The molecule has 0 bridgehead atoms. The summed E-state index contributed by atoms with van der Waals surface area (Å²) in [4.78, 5) is 0. The van der Waals surface area contributed by atoms with E-state index in [1.807, 2.05) is 6.07 Å². The van der Waals surface area contributed by atoms with Gasteiger partial charge >= 0.3 is 0 Å². The van der Waals surface area contributed by atoms with E-state index in [-0.39, 0.29) is 0 Å². The Hall–Kier alpha value is -1.10. The quantitative estimate of drug-likeness (QED) is 0.775. The zero-order chi connectivity index (χ0) is 15.9. The monoisotopic (exact) mass is 307 g/mol. The van der Waals surface area contributed by atoms with Gasteiger partial charge in [-0.05, 0) is 42.9 Å². The Bertz CT molecular complexity index is 456. The minimum absolute atomic E-state index is 0.303. The van der Waals surface area contributed by atoms with Gasteiger partial charge in [0.25, 0.3) is 0 Å². The van der Waals surface area contributed by atoms with E-state index in [4.69, 9.17) is 9.47 Å². The molecule has 124 valence electrons. The van der Waals surface area contributed by atoms with Crippen LogP contribution in [-0.2, 0) is 4.74 Å². The number of rotatable bonds is 8. The third kappa shape index (κ3) is 5.27. The zero-order valence-electron chi connectivity index (χ0n) is 14.0. The molecule has 4 heteroatoms. The van der Waals surface area contributed by atoms with Gasteiger partial charge in [-0.3, -0.25) is 0 Å². The van der Waals surface area contributed by atoms with Crippen molar-refractivity contribution in [3.8, 4) is 5.75 Å². The third-order valence-electron chi connectivity index (χ3n) is 4.00. The molecule has 0 aliphatic carbocycles. The van der Waals surface area contributed by atoms with Gasteiger partial charge in [-0.1, -0.05) is 26.0 Å². The maximum Gasteiger partial charge on any atom is 0.123 e. The summed E-state index contributed by atoms with van der Waals surface area (Å²) in [6.07, 6.45) is 2.05. The van der Waals surface area contributed by atoms with E-state index in [1.54, 1.807) is 0 Å². The summed E-state index contributed by atoms with van der Waals surface area (Å²) in [6, 6.07) is 6.25. The molecule has 0 saturated carbocycles. The molecule has 1 saturated heterocycles. The Morgan fingerprint density at radius 2 is 2.23 bits per heavy atom. The van der Waals surface area contributed by atoms with Crippen molar-refractivity contribution in [1.29, 1.82) is 0 Å². The maximum absolute atomic E-state index is 10.1. The molecule has 1 fully saturated rings. The van der Waals surface area contributed by atoms with Crippen molar-refractivity contribution in [2.24, 2.45) is 0 Å². The molecule has 0 spiro atoms. The normalized spacial score (nSPS) is 19.6. The summed E-state index contributed by atoms with van der Waals surface area (Å²) in [5.74, 6) is 1.29.